The first-order valence-electron chi connectivity index (χ1n) is 7.52. The molecule has 1 unspecified atom stereocenters. The van der Waals surface area contributed by atoms with Gasteiger partial charge in [-0.15, -0.1) is 0 Å². The number of ether oxygens (including phenoxy) is 1. The van der Waals surface area contributed by atoms with E-state index in [1.54, 1.807) is 0 Å². The number of fused-ring (bicyclic) bond motifs is 2. The average molecular weight is 255 g/mol. The van der Waals surface area contributed by atoms with Gasteiger partial charge in [-0.05, 0) is 31.2 Å². The standard InChI is InChI=1S/C17H21NO/c1-18-11-14(13-7-3-4-8-15(13)18)17-10-12-6-2-5-9-16(12)19-17/h3-4,7-8,11-12,16-17H,2,5-6,9-10H2,1H3/t12-,16+,17?/m1/s1. The van der Waals surface area contributed by atoms with Crippen molar-refractivity contribution < 1.29 is 4.74 Å². The Kier molecular flexibility index (Phi) is 2.66. The third kappa shape index (κ3) is 1.81. The Morgan fingerprint density at radius 1 is 1.16 bits per heavy atom. The Morgan fingerprint density at radius 2 is 2.00 bits per heavy atom. The van der Waals surface area contributed by atoms with E-state index in [1.807, 2.05) is 0 Å². The van der Waals surface area contributed by atoms with Gasteiger partial charge in [-0.3, -0.25) is 0 Å². The summed E-state index contributed by atoms with van der Waals surface area (Å²) in [5.41, 5.74) is 2.71. The molecule has 1 saturated heterocycles. The normalized spacial score (nSPS) is 30.7. The highest BCUT2D eigenvalue weighted by atomic mass is 16.5. The van der Waals surface area contributed by atoms with Crippen LogP contribution in [0.15, 0.2) is 30.5 Å². The molecule has 1 aromatic carbocycles. The molecule has 1 aromatic heterocycles. The summed E-state index contributed by atoms with van der Waals surface area (Å²) in [6.45, 7) is 0. The predicted octanol–water partition coefficient (Wildman–Crippen LogP) is 4.20. The van der Waals surface area contributed by atoms with Crippen molar-refractivity contribution in [3.8, 4) is 0 Å². The molecule has 19 heavy (non-hydrogen) atoms. The number of hydrogen-bond donors (Lipinski definition) is 0. The van der Waals surface area contributed by atoms with E-state index in [-0.39, 0.29) is 0 Å². The number of nitrogens with zero attached hydrogens (tertiary/aromatic N) is 1. The van der Waals surface area contributed by atoms with Crippen LogP contribution in [0, 0.1) is 5.92 Å². The first-order chi connectivity index (χ1) is 9.33. The van der Waals surface area contributed by atoms with Gasteiger partial charge in [-0.2, -0.15) is 0 Å². The van der Waals surface area contributed by atoms with Crippen LogP contribution in [0.2, 0.25) is 0 Å². The summed E-state index contributed by atoms with van der Waals surface area (Å²) in [6.07, 6.45) is 9.72. The monoisotopic (exact) mass is 255 g/mol. The fourth-order valence-electron chi connectivity index (χ4n) is 3.99. The van der Waals surface area contributed by atoms with Crippen molar-refractivity contribution in [2.24, 2.45) is 13.0 Å². The van der Waals surface area contributed by atoms with Gasteiger partial charge in [0.2, 0.25) is 0 Å². The maximum atomic E-state index is 6.36. The van der Waals surface area contributed by atoms with Crippen LogP contribution in [0.4, 0.5) is 0 Å². The summed E-state index contributed by atoms with van der Waals surface area (Å²) in [6, 6.07) is 8.67. The zero-order chi connectivity index (χ0) is 12.8. The van der Waals surface area contributed by atoms with Crippen LogP contribution >= 0.6 is 0 Å². The molecule has 2 heterocycles. The van der Waals surface area contributed by atoms with E-state index in [1.165, 1.54) is 48.6 Å². The lowest BCUT2D eigenvalue weighted by atomic mass is 9.85. The van der Waals surface area contributed by atoms with Crippen LogP contribution in [0.5, 0.6) is 0 Å². The molecule has 0 spiro atoms. The third-order valence-corrected chi connectivity index (χ3v) is 4.97. The van der Waals surface area contributed by atoms with Crippen molar-refractivity contribution in [1.29, 1.82) is 0 Å². The van der Waals surface area contributed by atoms with Gasteiger partial charge in [0.1, 0.15) is 0 Å². The molecule has 3 atom stereocenters. The minimum absolute atomic E-state index is 0.319. The van der Waals surface area contributed by atoms with Crippen LogP contribution < -0.4 is 0 Å². The number of hydrogen-bond acceptors (Lipinski definition) is 1. The fourth-order valence-corrected chi connectivity index (χ4v) is 3.99. The minimum atomic E-state index is 0.319. The highest BCUT2D eigenvalue weighted by Gasteiger charge is 2.38. The Bertz CT molecular complexity index is 586. The van der Waals surface area contributed by atoms with E-state index in [9.17, 15) is 0 Å². The van der Waals surface area contributed by atoms with Crippen molar-refractivity contribution in [2.45, 2.75) is 44.3 Å². The van der Waals surface area contributed by atoms with E-state index in [2.05, 4.69) is 42.1 Å². The molecule has 0 radical (unpaired) electrons. The third-order valence-electron chi connectivity index (χ3n) is 4.97. The van der Waals surface area contributed by atoms with E-state index in [0.29, 0.717) is 12.2 Å². The lowest BCUT2D eigenvalue weighted by Crippen LogP contribution is -2.19. The molecule has 2 fully saturated rings. The van der Waals surface area contributed by atoms with Gasteiger partial charge in [-0.1, -0.05) is 31.0 Å². The van der Waals surface area contributed by atoms with Gasteiger partial charge in [-0.25, -0.2) is 0 Å². The van der Waals surface area contributed by atoms with Crippen molar-refractivity contribution in [3.63, 3.8) is 0 Å². The zero-order valence-electron chi connectivity index (χ0n) is 11.5. The number of rotatable bonds is 1. The van der Waals surface area contributed by atoms with Crippen LogP contribution in [-0.2, 0) is 11.8 Å². The number of benzene rings is 1. The van der Waals surface area contributed by atoms with E-state index in [0.717, 1.165) is 5.92 Å². The summed E-state index contributed by atoms with van der Waals surface area (Å²) < 4.78 is 8.59. The highest BCUT2D eigenvalue weighted by molar-refractivity contribution is 5.84. The molecule has 4 rings (SSSR count). The Morgan fingerprint density at radius 3 is 2.89 bits per heavy atom. The van der Waals surface area contributed by atoms with E-state index < -0.39 is 0 Å². The highest BCUT2D eigenvalue weighted by Crippen LogP contribution is 2.45. The lowest BCUT2D eigenvalue weighted by Gasteiger charge is -2.23. The first-order valence-corrected chi connectivity index (χ1v) is 7.52. The molecule has 0 amide bonds. The lowest BCUT2D eigenvalue weighted by molar-refractivity contribution is 0.0189. The van der Waals surface area contributed by atoms with Gasteiger partial charge in [0.15, 0.2) is 0 Å². The van der Waals surface area contributed by atoms with E-state index in [4.69, 9.17) is 4.74 Å². The second-order valence-corrected chi connectivity index (χ2v) is 6.16. The van der Waals surface area contributed by atoms with Gasteiger partial charge in [0.05, 0.1) is 12.2 Å². The zero-order valence-corrected chi connectivity index (χ0v) is 11.5. The topological polar surface area (TPSA) is 14.2 Å². The Hall–Kier alpha value is -1.28. The number of aryl methyl sites for hydroxylation is 1. The molecule has 2 nitrogen and oxygen atoms in total. The molecule has 2 heteroatoms. The largest absolute Gasteiger partial charge is 0.370 e. The van der Waals surface area contributed by atoms with Crippen molar-refractivity contribution in [2.75, 3.05) is 0 Å². The summed E-state index contributed by atoms with van der Waals surface area (Å²) in [4.78, 5) is 0. The Balaban J connectivity index is 1.71. The molecular weight excluding hydrogens is 234 g/mol. The molecule has 1 aliphatic carbocycles. The molecule has 1 saturated carbocycles. The SMILES string of the molecule is Cn1cc(C2C[C@H]3CCCC[C@@H]3O2)c2ccccc21. The van der Waals surface area contributed by atoms with Gasteiger partial charge < -0.3 is 9.30 Å². The maximum absolute atomic E-state index is 6.36. The van der Waals surface area contributed by atoms with Crippen LogP contribution in [0.25, 0.3) is 10.9 Å². The predicted molar refractivity (Wildman–Crippen MR) is 77.1 cm³/mol. The van der Waals surface area contributed by atoms with Crippen LogP contribution in [0.1, 0.15) is 43.8 Å². The second-order valence-electron chi connectivity index (χ2n) is 6.16. The first kappa shape index (κ1) is 11.5. The molecule has 0 bridgehead atoms. The number of aromatic nitrogens is 1. The van der Waals surface area contributed by atoms with Crippen LogP contribution in [0.3, 0.4) is 0 Å². The Labute approximate surface area is 114 Å². The summed E-state index contributed by atoms with van der Waals surface area (Å²) in [5.74, 6) is 0.803. The van der Waals surface area contributed by atoms with E-state index >= 15 is 0 Å². The molecule has 2 aromatic rings. The van der Waals surface area contributed by atoms with Crippen molar-refractivity contribution in [3.05, 3.63) is 36.0 Å². The van der Waals surface area contributed by atoms with Crippen molar-refractivity contribution >= 4 is 10.9 Å². The smallest absolute Gasteiger partial charge is 0.0853 e. The number of para-hydroxylation sites is 1. The van der Waals surface area contributed by atoms with Gasteiger partial charge >= 0.3 is 0 Å². The minimum Gasteiger partial charge on any atom is -0.370 e. The second kappa shape index (κ2) is 4.38. The average Bonchev–Trinajstić information content (AvgIpc) is 3.01. The van der Waals surface area contributed by atoms with Gasteiger partial charge in [0, 0.05) is 29.7 Å². The molecule has 1 aliphatic heterocycles. The van der Waals surface area contributed by atoms with Crippen LogP contribution in [-0.4, -0.2) is 10.7 Å². The summed E-state index contributed by atoms with van der Waals surface area (Å²) >= 11 is 0. The fraction of sp³-hybridized carbons (Fsp3) is 0.529. The van der Waals surface area contributed by atoms with Crippen molar-refractivity contribution in [1.82, 2.24) is 4.57 Å². The molecular formula is C17H21NO. The summed E-state index contributed by atoms with van der Waals surface area (Å²) in [5, 5.41) is 1.37. The maximum Gasteiger partial charge on any atom is 0.0853 e. The summed E-state index contributed by atoms with van der Waals surface area (Å²) in [7, 11) is 2.13. The quantitative estimate of drug-likeness (QED) is 0.745. The molecule has 100 valence electrons. The van der Waals surface area contributed by atoms with Gasteiger partial charge in [0.25, 0.3) is 0 Å². The molecule has 2 aliphatic rings. The molecule has 0 N–H and O–H groups in total.